The van der Waals surface area contributed by atoms with Gasteiger partial charge in [0.2, 0.25) is 0 Å². The summed E-state index contributed by atoms with van der Waals surface area (Å²) in [6.07, 6.45) is 3.67. The lowest BCUT2D eigenvalue weighted by Crippen LogP contribution is -2.39. The Morgan fingerprint density at radius 1 is 1.52 bits per heavy atom. The first kappa shape index (κ1) is 16.3. The average Bonchev–Trinajstić information content (AvgIpc) is 2.84. The summed E-state index contributed by atoms with van der Waals surface area (Å²) in [5, 5.41) is 5.41. The maximum Gasteiger partial charge on any atom is 0.319 e. The third-order valence-electron chi connectivity index (χ3n) is 3.42. The number of anilines is 1. The molecular weight excluding hydrogens is 311 g/mol. The first-order valence-electron chi connectivity index (χ1n) is 6.71. The molecule has 1 aromatic rings. The van der Waals surface area contributed by atoms with Crippen LogP contribution in [0.15, 0.2) is 23.1 Å². The predicted molar refractivity (Wildman–Crippen MR) is 85.9 cm³/mol. The van der Waals surface area contributed by atoms with Gasteiger partial charge in [-0.05, 0) is 43.7 Å². The van der Waals surface area contributed by atoms with Crippen LogP contribution in [0.3, 0.4) is 0 Å². The topological polar surface area (TPSA) is 58.2 Å². The van der Waals surface area contributed by atoms with E-state index < -0.39 is 16.6 Å². The van der Waals surface area contributed by atoms with Crippen molar-refractivity contribution < 1.29 is 13.4 Å². The van der Waals surface area contributed by atoms with Gasteiger partial charge in [-0.3, -0.25) is 4.21 Å². The first-order chi connectivity index (χ1) is 9.89. The van der Waals surface area contributed by atoms with E-state index in [1.807, 2.05) is 11.8 Å². The summed E-state index contributed by atoms with van der Waals surface area (Å²) < 4.78 is 25.0. The number of carbonyl (C=O) groups excluding carboxylic acids is 1. The summed E-state index contributed by atoms with van der Waals surface area (Å²) >= 11 is 1.86. The summed E-state index contributed by atoms with van der Waals surface area (Å²) in [4.78, 5) is 12.0. The molecule has 1 aliphatic rings. The van der Waals surface area contributed by atoms with Crippen LogP contribution in [0.1, 0.15) is 19.8 Å². The molecule has 0 unspecified atom stereocenters. The molecule has 0 aliphatic carbocycles. The second-order valence-corrected chi connectivity index (χ2v) is 8.34. The molecular formula is C14H19FN2O2S2. The molecule has 2 atom stereocenters. The molecule has 0 aromatic heterocycles. The number of benzene rings is 1. The zero-order chi connectivity index (χ0) is 15.5. The quantitative estimate of drug-likeness (QED) is 0.892. The summed E-state index contributed by atoms with van der Waals surface area (Å²) in [5.74, 6) is 0.549. The number of urea groups is 1. The van der Waals surface area contributed by atoms with Crippen LogP contribution in [-0.2, 0) is 10.8 Å². The SMILES string of the molecule is C[S@@](=O)c1ccc(NC(=O)NC[C@]2(C)CCCS2)cc1F. The van der Waals surface area contributed by atoms with Gasteiger partial charge in [0, 0.05) is 23.2 Å². The highest BCUT2D eigenvalue weighted by Gasteiger charge is 2.29. The summed E-state index contributed by atoms with van der Waals surface area (Å²) in [6.45, 7) is 2.72. The molecule has 116 valence electrons. The number of rotatable bonds is 4. The fourth-order valence-electron chi connectivity index (χ4n) is 2.23. The van der Waals surface area contributed by atoms with Gasteiger partial charge in [-0.15, -0.1) is 0 Å². The standard InChI is InChI=1S/C14H19FN2O2S2/c1-14(6-3-7-20-14)9-16-13(18)17-10-4-5-12(21(2)19)11(15)8-10/h4-5,8H,3,6-7,9H2,1-2H3,(H2,16,17,18)/t14-,21+/m0/s1. The minimum atomic E-state index is -1.38. The van der Waals surface area contributed by atoms with E-state index in [0.29, 0.717) is 12.2 Å². The molecule has 0 bridgehead atoms. The Kier molecular flexibility index (Phi) is 5.27. The Balaban J connectivity index is 1.90. The minimum absolute atomic E-state index is 0.0888. The third kappa shape index (κ3) is 4.44. The molecule has 1 heterocycles. The second kappa shape index (κ2) is 6.79. The highest BCUT2D eigenvalue weighted by molar-refractivity contribution is 8.00. The number of hydrogen-bond donors (Lipinski definition) is 2. The Hall–Kier alpha value is -1.08. The number of carbonyl (C=O) groups is 1. The number of hydrogen-bond acceptors (Lipinski definition) is 3. The molecule has 1 fully saturated rings. The van der Waals surface area contributed by atoms with Gasteiger partial charge in [-0.1, -0.05) is 0 Å². The van der Waals surface area contributed by atoms with Gasteiger partial charge in [0.05, 0.1) is 15.7 Å². The highest BCUT2D eigenvalue weighted by atomic mass is 32.2. The first-order valence-corrected chi connectivity index (χ1v) is 9.26. The van der Waals surface area contributed by atoms with Crippen LogP contribution in [0.5, 0.6) is 0 Å². The number of thioether (sulfide) groups is 1. The van der Waals surface area contributed by atoms with E-state index in [9.17, 15) is 13.4 Å². The van der Waals surface area contributed by atoms with E-state index in [-0.39, 0.29) is 15.7 Å². The van der Waals surface area contributed by atoms with Crippen LogP contribution >= 0.6 is 11.8 Å². The molecule has 7 heteroatoms. The monoisotopic (exact) mass is 330 g/mol. The van der Waals surface area contributed by atoms with Crippen molar-refractivity contribution in [1.82, 2.24) is 5.32 Å². The molecule has 2 N–H and O–H groups in total. The third-order valence-corrected chi connectivity index (χ3v) is 5.91. The summed E-state index contributed by atoms with van der Waals surface area (Å²) in [5.41, 5.74) is 0.350. The molecule has 2 rings (SSSR count). The predicted octanol–water partition coefficient (Wildman–Crippen LogP) is 2.97. The Morgan fingerprint density at radius 3 is 2.86 bits per heavy atom. The van der Waals surface area contributed by atoms with Gasteiger partial charge >= 0.3 is 6.03 Å². The lowest BCUT2D eigenvalue weighted by Gasteiger charge is -2.22. The Labute approximate surface area is 130 Å². The Bertz CT molecular complexity index is 560. The average molecular weight is 330 g/mol. The van der Waals surface area contributed by atoms with Crippen LogP contribution in [0.2, 0.25) is 0 Å². The van der Waals surface area contributed by atoms with Crippen molar-refractivity contribution in [2.24, 2.45) is 0 Å². The van der Waals surface area contributed by atoms with Crippen molar-refractivity contribution in [1.29, 1.82) is 0 Å². The fraction of sp³-hybridized carbons (Fsp3) is 0.500. The van der Waals surface area contributed by atoms with E-state index in [2.05, 4.69) is 17.6 Å². The zero-order valence-electron chi connectivity index (χ0n) is 12.1. The lowest BCUT2D eigenvalue weighted by atomic mass is 10.1. The molecule has 1 saturated heterocycles. The van der Waals surface area contributed by atoms with Crippen LogP contribution in [-0.4, -0.2) is 33.5 Å². The molecule has 4 nitrogen and oxygen atoms in total. The van der Waals surface area contributed by atoms with E-state index in [4.69, 9.17) is 0 Å². The number of amides is 2. The molecule has 21 heavy (non-hydrogen) atoms. The maximum absolute atomic E-state index is 13.7. The second-order valence-electron chi connectivity index (χ2n) is 5.31. The summed E-state index contributed by atoms with van der Waals surface area (Å²) in [6, 6.07) is 3.80. The fourth-order valence-corrected chi connectivity index (χ4v) is 4.07. The van der Waals surface area contributed by atoms with Crippen molar-refractivity contribution in [3.8, 4) is 0 Å². The van der Waals surface area contributed by atoms with Crippen LogP contribution in [0.4, 0.5) is 14.9 Å². The lowest BCUT2D eigenvalue weighted by molar-refractivity contribution is 0.251. The van der Waals surface area contributed by atoms with Gasteiger partial charge in [0.1, 0.15) is 5.82 Å². The van der Waals surface area contributed by atoms with E-state index in [0.717, 1.165) is 12.2 Å². The normalized spacial score (nSPS) is 22.8. The maximum atomic E-state index is 13.7. The molecule has 0 radical (unpaired) electrons. The van der Waals surface area contributed by atoms with E-state index in [1.165, 1.54) is 24.8 Å². The zero-order valence-corrected chi connectivity index (χ0v) is 13.7. The number of nitrogens with one attached hydrogen (secondary N) is 2. The van der Waals surface area contributed by atoms with Crippen molar-refractivity contribution in [2.45, 2.75) is 29.4 Å². The van der Waals surface area contributed by atoms with Gasteiger partial charge in [0.25, 0.3) is 0 Å². The van der Waals surface area contributed by atoms with Gasteiger partial charge in [-0.2, -0.15) is 11.8 Å². The Morgan fingerprint density at radius 2 is 2.29 bits per heavy atom. The van der Waals surface area contributed by atoms with Crippen molar-refractivity contribution in [3.63, 3.8) is 0 Å². The molecule has 1 aliphatic heterocycles. The van der Waals surface area contributed by atoms with Crippen LogP contribution in [0.25, 0.3) is 0 Å². The van der Waals surface area contributed by atoms with Crippen molar-refractivity contribution in [2.75, 3.05) is 23.9 Å². The van der Waals surface area contributed by atoms with E-state index in [1.54, 1.807) is 6.07 Å². The van der Waals surface area contributed by atoms with Gasteiger partial charge < -0.3 is 10.6 Å². The molecule has 2 amide bonds. The van der Waals surface area contributed by atoms with Crippen molar-refractivity contribution in [3.05, 3.63) is 24.0 Å². The largest absolute Gasteiger partial charge is 0.336 e. The summed E-state index contributed by atoms with van der Waals surface area (Å²) in [7, 11) is -1.38. The molecule has 1 aromatic carbocycles. The van der Waals surface area contributed by atoms with Gasteiger partial charge in [-0.25, -0.2) is 9.18 Å². The van der Waals surface area contributed by atoms with Crippen LogP contribution < -0.4 is 10.6 Å². The van der Waals surface area contributed by atoms with E-state index >= 15 is 0 Å². The smallest absolute Gasteiger partial charge is 0.319 e. The van der Waals surface area contributed by atoms with Crippen LogP contribution in [0, 0.1) is 5.82 Å². The highest BCUT2D eigenvalue weighted by Crippen LogP contribution is 2.36. The van der Waals surface area contributed by atoms with Gasteiger partial charge in [0.15, 0.2) is 0 Å². The number of halogens is 1. The molecule has 0 saturated carbocycles. The molecule has 0 spiro atoms. The minimum Gasteiger partial charge on any atom is -0.336 e. The van der Waals surface area contributed by atoms with Crippen molar-refractivity contribution >= 4 is 34.3 Å².